The Kier molecular flexibility index (Phi) is 4.52. The lowest BCUT2D eigenvalue weighted by Crippen LogP contribution is -2.51. The highest BCUT2D eigenvalue weighted by molar-refractivity contribution is 5.97. The minimum atomic E-state index is 0.0706. The molecule has 0 unspecified atom stereocenters. The number of rotatable bonds is 4. The predicted molar refractivity (Wildman–Crippen MR) is 97.1 cm³/mol. The van der Waals surface area contributed by atoms with Gasteiger partial charge in [-0.3, -0.25) is 9.78 Å². The van der Waals surface area contributed by atoms with Crippen LogP contribution in [0, 0.1) is 0 Å². The topological polar surface area (TPSA) is 66.5 Å². The number of carbonyl (C=O) groups excluding carboxylic acids is 1. The Morgan fingerprint density at radius 3 is 3.12 bits per heavy atom. The van der Waals surface area contributed by atoms with E-state index < -0.39 is 0 Å². The number of carbonyl (C=O) groups is 1. The van der Waals surface area contributed by atoms with Gasteiger partial charge < -0.3 is 20.3 Å². The number of aromatic nitrogens is 1. The first-order valence-electron chi connectivity index (χ1n) is 8.73. The Morgan fingerprint density at radius 1 is 1.28 bits per heavy atom. The molecule has 6 nitrogen and oxygen atoms in total. The maximum absolute atomic E-state index is 12.1. The second kappa shape index (κ2) is 7.11. The first-order chi connectivity index (χ1) is 12.3. The average molecular weight is 338 g/mol. The van der Waals surface area contributed by atoms with Gasteiger partial charge in [0.25, 0.3) is 0 Å². The Hall–Kier alpha value is -2.60. The van der Waals surface area contributed by atoms with Gasteiger partial charge in [0.05, 0.1) is 24.0 Å². The normalized spacial score (nSPS) is 19.4. The van der Waals surface area contributed by atoms with Gasteiger partial charge in [0.15, 0.2) is 0 Å². The molecular weight excluding hydrogens is 316 g/mol. The number of anilines is 2. The number of hydrogen-bond donors (Lipinski definition) is 2. The van der Waals surface area contributed by atoms with Crippen molar-refractivity contribution in [3.63, 3.8) is 0 Å². The summed E-state index contributed by atoms with van der Waals surface area (Å²) in [7, 11) is 0. The van der Waals surface area contributed by atoms with Gasteiger partial charge in [-0.1, -0.05) is 6.07 Å². The minimum absolute atomic E-state index is 0.0706. The third-order valence-corrected chi connectivity index (χ3v) is 4.68. The molecule has 25 heavy (non-hydrogen) atoms. The van der Waals surface area contributed by atoms with Crippen LogP contribution in [0.15, 0.2) is 42.6 Å². The maximum Gasteiger partial charge on any atom is 0.226 e. The van der Waals surface area contributed by atoms with Crippen molar-refractivity contribution in [1.82, 2.24) is 10.3 Å². The molecule has 2 aromatic rings. The summed E-state index contributed by atoms with van der Waals surface area (Å²) in [4.78, 5) is 18.7. The molecule has 0 spiro atoms. The van der Waals surface area contributed by atoms with Crippen molar-refractivity contribution in [1.29, 1.82) is 0 Å². The monoisotopic (exact) mass is 338 g/mol. The molecule has 1 saturated heterocycles. The molecule has 1 fully saturated rings. The van der Waals surface area contributed by atoms with Gasteiger partial charge in [-0.15, -0.1) is 0 Å². The molecule has 0 aliphatic carbocycles. The van der Waals surface area contributed by atoms with Crippen LogP contribution in [-0.2, 0) is 11.2 Å². The van der Waals surface area contributed by atoms with Crippen LogP contribution >= 0.6 is 0 Å². The van der Waals surface area contributed by atoms with Gasteiger partial charge >= 0.3 is 0 Å². The average Bonchev–Trinajstić information content (AvgIpc) is 2.78. The number of nitrogens with one attached hydrogen (secondary N) is 2. The van der Waals surface area contributed by atoms with Crippen LogP contribution < -0.4 is 20.3 Å². The van der Waals surface area contributed by atoms with Crippen molar-refractivity contribution in [3.05, 3.63) is 48.3 Å². The Bertz CT molecular complexity index is 750. The quantitative estimate of drug-likeness (QED) is 0.890. The van der Waals surface area contributed by atoms with E-state index in [0.717, 1.165) is 48.9 Å². The summed E-state index contributed by atoms with van der Waals surface area (Å²) in [6.45, 7) is 3.23. The molecule has 1 aromatic carbocycles. The van der Waals surface area contributed by atoms with Gasteiger partial charge in [-0.25, -0.2) is 0 Å². The number of nitrogens with zero attached hydrogens (tertiary/aromatic N) is 2. The van der Waals surface area contributed by atoms with Crippen LogP contribution in [-0.4, -0.2) is 43.2 Å². The Labute approximate surface area is 147 Å². The second-order valence-electron chi connectivity index (χ2n) is 6.40. The van der Waals surface area contributed by atoms with Crippen molar-refractivity contribution in [2.45, 2.75) is 18.9 Å². The van der Waals surface area contributed by atoms with Gasteiger partial charge in [-0.05, 0) is 24.3 Å². The number of benzene rings is 1. The van der Waals surface area contributed by atoms with E-state index in [9.17, 15) is 4.79 Å². The van der Waals surface area contributed by atoms with Crippen LogP contribution in [0.2, 0.25) is 0 Å². The molecule has 2 N–H and O–H groups in total. The van der Waals surface area contributed by atoms with E-state index in [2.05, 4.69) is 20.5 Å². The smallest absolute Gasteiger partial charge is 0.226 e. The van der Waals surface area contributed by atoms with E-state index >= 15 is 0 Å². The molecule has 3 heterocycles. The highest BCUT2D eigenvalue weighted by Gasteiger charge is 2.30. The standard InChI is InChI=1S/C19H22N4O2/c24-19-11-15-13-20-8-9-23(15)18-12-16(4-5-17(18)22-19)25-10-6-14-3-1-2-7-21-14/h1-5,7,12,15,20H,6,8-11,13H2,(H,22,24)/t15-/m0/s1. The van der Waals surface area contributed by atoms with E-state index in [-0.39, 0.29) is 11.9 Å². The molecule has 6 heteroatoms. The Balaban J connectivity index is 1.50. The molecule has 1 aromatic heterocycles. The van der Waals surface area contributed by atoms with Crippen LogP contribution in [0.5, 0.6) is 5.75 Å². The van der Waals surface area contributed by atoms with Crippen molar-refractivity contribution in [2.24, 2.45) is 0 Å². The third-order valence-electron chi connectivity index (χ3n) is 4.68. The number of ether oxygens (including phenoxy) is 1. The molecule has 130 valence electrons. The third kappa shape index (κ3) is 3.58. The summed E-state index contributed by atoms with van der Waals surface area (Å²) in [6, 6.07) is 12.0. The summed E-state index contributed by atoms with van der Waals surface area (Å²) in [5.41, 5.74) is 2.94. The van der Waals surface area contributed by atoms with E-state index in [1.165, 1.54) is 0 Å². The fourth-order valence-electron chi connectivity index (χ4n) is 3.44. The zero-order valence-electron chi connectivity index (χ0n) is 14.1. The maximum atomic E-state index is 12.1. The molecule has 2 aliphatic heterocycles. The number of amides is 1. The summed E-state index contributed by atoms with van der Waals surface area (Å²) < 4.78 is 5.93. The predicted octanol–water partition coefficient (Wildman–Crippen LogP) is 1.82. The fourth-order valence-corrected chi connectivity index (χ4v) is 3.44. The molecule has 2 aliphatic rings. The molecule has 1 amide bonds. The van der Waals surface area contributed by atoms with E-state index in [1.807, 2.05) is 36.4 Å². The second-order valence-corrected chi connectivity index (χ2v) is 6.40. The van der Waals surface area contributed by atoms with E-state index in [0.29, 0.717) is 13.0 Å². The number of pyridine rings is 1. The number of fused-ring (bicyclic) bond motifs is 3. The van der Waals surface area contributed by atoms with Crippen LogP contribution in [0.3, 0.4) is 0 Å². The summed E-state index contributed by atoms with van der Waals surface area (Å²) in [5, 5.41) is 6.38. The highest BCUT2D eigenvalue weighted by Crippen LogP contribution is 2.35. The SMILES string of the molecule is O=C1C[C@H]2CNCCN2c2cc(OCCc3ccccn3)ccc2N1. The molecule has 0 saturated carbocycles. The molecule has 0 radical (unpaired) electrons. The summed E-state index contributed by atoms with van der Waals surface area (Å²) >= 11 is 0. The highest BCUT2D eigenvalue weighted by atomic mass is 16.5. The van der Waals surface area contributed by atoms with Crippen molar-refractivity contribution in [2.75, 3.05) is 36.5 Å². The number of hydrogen-bond acceptors (Lipinski definition) is 5. The first-order valence-corrected chi connectivity index (χ1v) is 8.73. The zero-order valence-corrected chi connectivity index (χ0v) is 14.1. The van der Waals surface area contributed by atoms with E-state index in [1.54, 1.807) is 6.20 Å². The first kappa shape index (κ1) is 15.9. The van der Waals surface area contributed by atoms with Gasteiger partial charge in [-0.2, -0.15) is 0 Å². The zero-order chi connectivity index (χ0) is 17.1. The molecule has 0 bridgehead atoms. The van der Waals surface area contributed by atoms with Crippen molar-refractivity contribution in [3.8, 4) is 5.75 Å². The van der Waals surface area contributed by atoms with E-state index in [4.69, 9.17) is 4.74 Å². The summed E-state index contributed by atoms with van der Waals surface area (Å²) in [6.07, 6.45) is 3.08. The lowest BCUT2D eigenvalue weighted by molar-refractivity contribution is -0.116. The van der Waals surface area contributed by atoms with Gasteiger partial charge in [0.2, 0.25) is 5.91 Å². The molecule has 1 atom stereocenters. The summed E-state index contributed by atoms with van der Waals surface area (Å²) in [5.74, 6) is 0.893. The van der Waals surface area contributed by atoms with Gasteiger partial charge in [0, 0.05) is 50.4 Å². The fraction of sp³-hybridized carbons (Fsp3) is 0.368. The Morgan fingerprint density at radius 2 is 2.24 bits per heavy atom. The van der Waals surface area contributed by atoms with Crippen molar-refractivity contribution < 1.29 is 9.53 Å². The van der Waals surface area contributed by atoms with Crippen LogP contribution in [0.4, 0.5) is 11.4 Å². The van der Waals surface area contributed by atoms with Crippen LogP contribution in [0.25, 0.3) is 0 Å². The lowest BCUT2D eigenvalue weighted by atomic mass is 10.1. The van der Waals surface area contributed by atoms with Crippen molar-refractivity contribution >= 4 is 17.3 Å². The minimum Gasteiger partial charge on any atom is -0.493 e. The van der Waals surface area contributed by atoms with Gasteiger partial charge in [0.1, 0.15) is 5.75 Å². The lowest BCUT2D eigenvalue weighted by Gasteiger charge is -2.36. The number of piperazine rings is 1. The van der Waals surface area contributed by atoms with Crippen LogP contribution in [0.1, 0.15) is 12.1 Å². The molecule has 4 rings (SSSR count). The largest absolute Gasteiger partial charge is 0.493 e. The molecular formula is C19H22N4O2.